The summed E-state index contributed by atoms with van der Waals surface area (Å²) in [5, 5.41) is 0. The van der Waals surface area contributed by atoms with Crippen LogP contribution >= 0.6 is 0 Å². The molecule has 0 aliphatic heterocycles. The fourth-order valence-corrected chi connectivity index (χ4v) is 1.61. The van der Waals surface area contributed by atoms with E-state index in [9.17, 15) is 4.79 Å². The van der Waals surface area contributed by atoms with Crippen molar-refractivity contribution in [3.63, 3.8) is 0 Å². The summed E-state index contributed by atoms with van der Waals surface area (Å²) < 4.78 is 0. The molecule has 1 fully saturated rings. The number of nitrogens with zero attached hydrogens (tertiary/aromatic N) is 1. The predicted octanol–water partition coefficient (Wildman–Crippen LogP) is 1.62. The molecule has 0 saturated heterocycles. The molecule has 1 saturated carbocycles. The van der Waals surface area contributed by atoms with Crippen molar-refractivity contribution < 1.29 is 4.79 Å². The van der Waals surface area contributed by atoms with Crippen molar-refractivity contribution in [2.24, 2.45) is 17.6 Å². The zero-order chi connectivity index (χ0) is 11.6. The molecule has 0 aromatic heterocycles. The Morgan fingerprint density at radius 3 is 2.20 bits per heavy atom. The molecule has 88 valence electrons. The molecule has 1 amide bonds. The zero-order valence-electron chi connectivity index (χ0n) is 10.4. The van der Waals surface area contributed by atoms with Gasteiger partial charge in [-0.15, -0.1) is 0 Å². The molecule has 0 bridgehead atoms. The Kier molecular flexibility index (Phi) is 4.14. The molecule has 0 aromatic carbocycles. The van der Waals surface area contributed by atoms with E-state index in [-0.39, 0.29) is 23.9 Å². The standard InChI is InChI=1S/C12H24N2O/c1-8(2)11(13)12(15)14(9(3)4)7-10-5-6-10/h8-11H,5-7,13H2,1-4H3. The number of hydrogen-bond donors (Lipinski definition) is 1. The van der Waals surface area contributed by atoms with Gasteiger partial charge in [0.1, 0.15) is 0 Å². The van der Waals surface area contributed by atoms with Gasteiger partial charge in [-0.05, 0) is 38.5 Å². The van der Waals surface area contributed by atoms with Gasteiger partial charge < -0.3 is 10.6 Å². The third-order valence-electron chi connectivity index (χ3n) is 3.06. The molecule has 3 nitrogen and oxygen atoms in total. The molecule has 3 heteroatoms. The van der Waals surface area contributed by atoms with Gasteiger partial charge in [0.05, 0.1) is 6.04 Å². The Morgan fingerprint density at radius 1 is 1.33 bits per heavy atom. The summed E-state index contributed by atoms with van der Waals surface area (Å²) in [5.74, 6) is 1.07. The van der Waals surface area contributed by atoms with Crippen LogP contribution in [-0.2, 0) is 4.79 Å². The maximum Gasteiger partial charge on any atom is 0.239 e. The molecule has 0 radical (unpaired) electrons. The van der Waals surface area contributed by atoms with E-state index in [1.165, 1.54) is 12.8 Å². The lowest BCUT2D eigenvalue weighted by atomic mass is 10.0. The number of rotatable bonds is 5. The van der Waals surface area contributed by atoms with Crippen molar-refractivity contribution in [1.82, 2.24) is 4.90 Å². The van der Waals surface area contributed by atoms with E-state index >= 15 is 0 Å². The van der Waals surface area contributed by atoms with Crippen LogP contribution in [0, 0.1) is 11.8 Å². The molecule has 15 heavy (non-hydrogen) atoms. The first-order valence-corrected chi connectivity index (χ1v) is 5.99. The lowest BCUT2D eigenvalue weighted by molar-refractivity contribution is -0.135. The van der Waals surface area contributed by atoms with Crippen LogP contribution in [0.4, 0.5) is 0 Å². The zero-order valence-corrected chi connectivity index (χ0v) is 10.4. The SMILES string of the molecule is CC(C)C(N)C(=O)N(CC1CC1)C(C)C. The quantitative estimate of drug-likeness (QED) is 0.752. The number of amides is 1. The van der Waals surface area contributed by atoms with Gasteiger partial charge >= 0.3 is 0 Å². The lowest BCUT2D eigenvalue weighted by Crippen LogP contribution is -2.49. The topological polar surface area (TPSA) is 46.3 Å². The number of carbonyl (C=O) groups is 1. The Hall–Kier alpha value is -0.570. The van der Waals surface area contributed by atoms with Crippen molar-refractivity contribution in [3.8, 4) is 0 Å². The number of nitrogens with two attached hydrogens (primary N) is 1. The molecular formula is C12H24N2O. The van der Waals surface area contributed by atoms with E-state index in [0.29, 0.717) is 0 Å². The van der Waals surface area contributed by atoms with E-state index in [1.807, 2.05) is 18.7 Å². The minimum absolute atomic E-state index is 0.118. The Labute approximate surface area is 93.0 Å². The van der Waals surface area contributed by atoms with Gasteiger partial charge in [-0.25, -0.2) is 0 Å². The van der Waals surface area contributed by atoms with Crippen LogP contribution in [0.25, 0.3) is 0 Å². The van der Waals surface area contributed by atoms with E-state index in [0.717, 1.165) is 12.5 Å². The van der Waals surface area contributed by atoms with Crippen LogP contribution in [0.3, 0.4) is 0 Å². The highest BCUT2D eigenvalue weighted by atomic mass is 16.2. The number of hydrogen-bond acceptors (Lipinski definition) is 2. The van der Waals surface area contributed by atoms with Crippen molar-refractivity contribution in [1.29, 1.82) is 0 Å². The van der Waals surface area contributed by atoms with E-state index in [1.54, 1.807) is 0 Å². The third-order valence-corrected chi connectivity index (χ3v) is 3.06. The summed E-state index contributed by atoms with van der Waals surface area (Å²) in [6.07, 6.45) is 2.54. The molecular weight excluding hydrogens is 188 g/mol. The first-order chi connectivity index (χ1) is 6.93. The Balaban J connectivity index is 2.57. The summed E-state index contributed by atoms with van der Waals surface area (Å²) in [6, 6.07) is -0.0750. The summed E-state index contributed by atoms with van der Waals surface area (Å²) >= 11 is 0. The average Bonchev–Trinajstić information content (AvgIpc) is 2.94. The highest BCUT2D eigenvalue weighted by Gasteiger charge is 2.31. The maximum absolute atomic E-state index is 12.1. The monoisotopic (exact) mass is 212 g/mol. The first kappa shape index (κ1) is 12.5. The molecule has 1 rings (SSSR count). The molecule has 0 spiro atoms. The highest BCUT2D eigenvalue weighted by Crippen LogP contribution is 2.30. The van der Waals surface area contributed by atoms with E-state index in [4.69, 9.17) is 5.73 Å². The Bertz CT molecular complexity index is 222. The van der Waals surface area contributed by atoms with Gasteiger partial charge in [0.15, 0.2) is 0 Å². The Morgan fingerprint density at radius 2 is 1.87 bits per heavy atom. The lowest BCUT2D eigenvalue weighted by Gasteiger charge is -2.30. The summed E-state index contributed by atoms with van der Waals surface area (Å²) in [7, 11) is 0. The van der Waals surface area contributed by atoms with Crippen LogP contribution in [-0.4, -0.2) is 29.4 Å². The van der Waals surface area contributed by atoms with Crippen molar-refractivity contribution >= 4 is 5.91 Å². The van der Waals surface area contributed by atoms with Crippen molar-refractivity contribution in [2.45, 2.75) is 52.6 Å². The smallest absolute Gasteiger partial charge is 0.239 e. The summed E-state index contributed by atoms with van der Waals surface area (Å²) in [6.45, 7) is 9.02. The van der Waals surface area contributed by atoms with Crippen LogP contribution in [0.15, 0.2) is 0 Å². The predicted molar refractivity (Wildman–Crippen MR) is 62.4 cm³/mol. The van der Waals surface area contributed by atoms with Crippen LogP contribution < -0.4 is 5.73 Å². The molecule has 1 aliphatic carbocycles. The first-order valence-electron chi connectivity index (χ1n) is 5.99. The van der Waals surface area contributed by atoms with Gasteiger partial charge in [-0.2, -0.15) is 0 Å². The second-order valence-electron chi connectivity index (χ2n) is 5.30. The van der Waals surface area contributed by atoms with Gasteiger partial charge in [0, 0.05) is 12.6 Å². The molecule has 2 N–H and O–H groups in total. The van der Waals surface area contributed by atoms with Crippen LogP contribution in [0.1, 0.15) is 40.5 Å². The second-order valence-corrected chi connectivity index (χ2v) is 5.30. The largest absolute Gasteiger partial charge is 0.339 e. The highest BCUT2D eigenvalue weighted by molar-refractivity contribution is 5.82. The van der Waals surface area contributed by atoms with Gasteiger partial charge in [0.2, 0.25) is 5.91 Å². The molecule has 0 aromatic rings. The maximum atomic E-state index is 12.1. The molecule has 1 atom stereocenters. The normalized spacial score (nSPS) is 18.3. The molecule has 1 aliphatic rings. The minimum atomic E-state index is -0.342. The van der Waals surface area contributed by atoms with E-state index in [2.05, 4.69) is 13.8 Å². The number of carbonyl (C=O) groups excluding carboxylic acids is 1. The fraction of sp³-hybridized carbons (Fsp3) is 0.917. The van der Waals surface area contributed by atoms with E-state index < -0.39 is 0 Å². The average molecular weight is 212 g/mol. The van der Waals surface area contributed by atoms with Gasteiger partial charge in [0.25, 0.3) is 0 Å². The second kappa shape index (κ2) is 4.97. The summed E-state index contributed by atoms with van der Waals surface area (Å²) in [5.41, 5.74) is 5.90. The van der Waals surface area contributed by atoms with Gasteiger partial charge in [-0.1, -0.05) is 13.8 Å². The summed E-state index contributed by atoms with van der Waals surface area (Å²) in [4.78, 5) is 14.0. The van der Waals surface area contributed by atoms with Crippen LogP contribution in [0.5, 0.6) is 0 Å². The fourth-order valence-electron chi connectivity index (χ4n) is 1.61. The van der Waals surface area contributed by atoms with Crippen molar-refractivity contribution in [3.05, 3.63) is 0 Å². The van der Waals surface area contributed by atoms with Crippen molar-refractivity contribution in [2.75, 3.05) is 6.54 Å². The van der Waals surface area contributed by atoms with Gasteiger partial charge in [-0.3, -0.25) is 4.79 Å². The molecule has 0 heterocycles. The van der Waals surface area contributed by atoms with Crippen LogP contribution in [0.2, 0.25) is 0 Å². The minimum Gasteiger partial charge on any atom is -0.339 e. The molecule has 1 unspecified atom stereocenters. The third kappa shape index (κ3) is 3.49.